The Morgan fingerprint density at radius 2 is 1.83 bits per heavy atom. The quantitative estimate of drug-likeness (QED) is 0.645. The predicted octanol–water partition coefficient (Wildman–Crippen LogP) is 4.72. The first-order chi connectivity index (χ1) is 14.0. The molecular formula is C24H26FN3O. The Labute approximate surface area is 171 Å². The lowest BCUT2D eigenvalue weighted by Gasteiger charge is -2.33. The van der Waals surface area contributed by atoms with Crippen LogP contribution in [0.1, 0.15) is 40.2 Å². The summed E-state index contributed by atoms with van der Waals surface area (Å²) >= 11 is 0. The van der Waals surface area contributed by atoms with Gasteiger partial charge in [-0.25, -0.2) is 9.07 Å². The third-order valence-corrected chi connectivity index (χ3v) is 5.61. The van der Waals surface area contributed by atoms with Crippen LogP contribution in [0.15, 0.2) is 54.6 Å². The minimum atomic E-state index is -0.210. The van der Waals surface area contributed by atoms with Gasteiger partial charge < -0.3 is 4.90 Å². The normalized spacial score (nSPS) is 16.8. The number of carbonyl (C=O) groups excluding carboxylic acids is 1. The fourth-order valence-electron chi connectivity index (χ4n) is 4.19. The van der Waals surface area contributed by atoms with Gasteiger partial charge in [0.05, 0.1) is 11.4 Å². The highest BCUT2D eigenvalue weighted by Crippen LogP contribution is 2.23. The van der Waals surface area contributed by atoms with Crippen LogP contribution in [0.2, 0.25) is 0 Å². The second-order valence-corrected chi connectivity index (χ2v) is 7.98. The summed E-state index contributed by atoms with van der Waals surface area (Å²) in [4.78, 5) is 15.0. The highest BCUT2D eigenvalue weighted by molar-refractivity contribution is 5.94. The summed E-state index contributed by atoms with van der Waals surface area (Å²) in [5, 5.41) is 4.50. The summed E-state index contributed by atoms with van der Waals surface area (Å²) in [5.41, 5.74) is 4.84. The number of hydrogen-bond donors (Lipinski definition) is 0. The Hall–Kier alpha value is -2.95. The average Bonchev–Trinajstić information content (AvgIpc) is 3.07. The van der Waals surface area contributed by atoms with Gasteiger partial charge >= 0.3 is 0 Å². The van der Waals surface area contributed by atoms with E-state index in [0.717, 1.165) is 55.0 Å². The van der Waals surface area contributed by atoms with Crippen LogP contribution in [0.5, 0.6) is 0 Å². The number of hydrogen-bond acceptors (Lipinski definition) is 2. The Morgan fingerprint density at radius 1 is 1.10 bits per heavy atom. The van der Waals surface area contributed by atoms with E-state index >= 15 is 0 Å². The summed E-state index contributed by atoms with van der Waals surface area (Å²) in [6.07, 6.45) is 2.97. The van der Waals surface area contributed by atoms with E-state index in [2.05, 4.69) is 5.10 Å². The number of piperidine rings is 1. The van der Waals surface area contributed by atoms with Crippen molar-refractivity contribution in [3.8, 4) is 5.69 Å². The van der Waals surface area contributed by atoms with Crippen LogP contribution >= 0.6 is 0 Å². The molecule has 29 heavy (non-hydrogen) atoms. The summed E-state index contributed by atoms with van der Waals surface area (Å²) in [5.74, 6) is 0.277. The molecule has 0 N–H and O–H groups in total. The number of amides is 1. The SMILES string of the molecule is Cc1cc(C)n(-c2ccc(C(=O)N3CCC[C@@H](Cc4ccc(F)cc4)C3)cc2)n1. The summed E-state index contributed by atoms with van der Waals surface area (Å²) in [6.45, 7) is 5.53. The number of likely N-dealkylation sites (tertiary alicyclic amines) is 1. The molecule has 1 aliphatic heterocycles. The molecule has 0 bridgehead atoms. The molecule has 0 aliphatic carbocycles. The second-order valence-electron chi connectivity index (χ2n) is 7.98. The number of aryl methyl sites for hydroxylation is 2. The van der Waals surface area contributed by atoms with E-state index in [1.165, 1.54) is 12.1 Å². The fourth-order valence-corrected chi connectivity index (χ4v) is 4.19. The smallest absolute Gasteiger partial charge is 0.253 e. The zero-order chi connectivity index (χ0) is 20.4. The fraction of sp³-hybridized carbons (Fsp3) is 0.333. The van der Waals surface area contributed by atoms with Crippen LogP contribution in [0.3, 0.4) is 0 Å². The number of benzene rings is 2. The predicted molar refractivity (Wildman–Crippen MR) is 112 cm³/mol. The molecule has 1 fully saturated rings. The lowest BCUT2D eigenvalue weighted by Crippen LogP contribution is -2.40. The van der Waals surface area contributed by atoms with Gasteiger partial charge in [0.1, 0.15) is 5.82 Å². The van der Waals surface area contributed by atoms with E-state index in [1.807, 2.05) is 65.9 Å². The van der Waals surface area contributed by atoms with E-state index in [0.29, 0.717) is 11.5 Å². The van der Waals surface area contributed by atoms with Crippen molar-refractivity contribution in [2.75, 3.05) is 13.1 Å². The highest BCUT2D eigenvalue weighted by Gasteiger charge is 2.24. The van der Waals surface area contributed by atoms with Gasteiger partial charge in [-0.15, -0.1) is 0 Å². The molecule has 4 rings (SSSR count). The first kappa shape index (κ1) is 19.4. The van der Waals surface area contributed by atoms with Crippen LogP contribution in [0.25, 0.3) is 5.69 Å². The van der Waals surface area contributed by atoms with Crippen molar-refractivity contribution in [3.63, 3.8) is 0 Å². The molecule has 1 aliphatic rings. The molecule has 3 aromatic rings. The number of aromatic nitrogens is 2. The third kappa shape index (κ3) is 4.39. The van der Waals surface area contributed by atoms with Crippen molar-refractivity contribution in [1.29, 1.82) is 0 Å². The Morgan fingerprint density at radius 3 is 2.48 bits per heavy atom. The van der Waals surface area contributed by atoms with Crippen molar-refractivity contribution < 1.29 is 9.18 Å². The van der Waals surface area contributed by atoms with Crippen molar-refractivity contribution in [1.82, 2.24) is 14.7 Å². The van der Waals surface area contributed by atoms with Gasteiger partial charge in [0.25, 0.3) is 5.91 Å². The first-order valence-corrected chi connectivity index (χ1v) is 10.2. The maximum Gasteiger partial charge on any atom is 0.253 e. The number of halogens is 1. The van der Waals surface area contributed by atoms with Gasteiger partial charge in [-0.3, -0.25) is 4.79 Å². The van der Waals surface area contributed by atoms with E-state index in [4.69, 9.17) is 0 Å². The van der Waals surface area contributed by atoms with Crippen LogP contribution in [-0.2, 0) is 6.42 Å². The van der Waals surface area contributed by atoms with Gasteiger partial charge in [-0.2, -0.15) is 5.10 Å². The van der Waals surface area contributed by atoms with Crippen molar-refractivity contribution in [3.05, 3.63) is 82.9 Å². The minimum absolute atomic E-state index is 0.0775. The van der Waals surface area contributed by atoms with Gasteiger partial charge in [0.15, 0.2) is 0 Å². The molecule has 2 heterocycles. The first-order valence-electron chi connectivity index (χ1n) is 10.2. The van der Waals surface area contributed by atoms with Crippen LogP contribution in [0, 0.1) is 25.6 Å². The average molecular weight is 391 g/mol. The molecular weight excluding hydrogens is 365 g/mol. The molecule has 0 radical (unpaired) electrons. The van der Waals surface area contributed by atoms with Crippen molar-refractivity contribution in [2.45, 2.75) is 33.1 Å². The molecule has 2 aromatic carbocycles. The monoisotopic (exact) mass is 391 g/mol. The van der Waals surface area contributed by atoms with Gasteiger partial charge in [0, 0.05) is 24.3 Å². The third-order valence-electron chi connectivity index (χ3n) is 5.61. The number of nitrogens with zero attached hydrogens (tertiary/aromatic N) is 3. The molecule has 150 valence electrons. The van der Waals surface area contributed by atoms with E-state index in [9.17, 15) is 9.18 Å². The van der Waals surface area contributed by atoms with Gasteiger partial charge in [-0.1, -0.05) is 12.1 Å². The summed E-state index contributed by atoms with van der Waals surface area (Å²) in [7, 11) is 0. The zero-order valence-corrected chi connectivity index (χ0v) is 16.9. The standard InChI is InChI=1S/C24H26FN3O/c1-17-14-18(2)28(26-17)23-11-7-21(8-12-23)24(29)27-13-3-4-20(16-27)15-19-5-9-22(25)10-6-19/h5-12,14,20H,3-4,13,15-16H2,1-2H3/t20-/m0/s1. The molecule has 5 heteroatoms. The van der Waals surface area contributed by atoms with Crippen LogP contribution in [0.4, 0.5) is 4.39 Å². The minimum Gasteiger partial charge on any atom is -0.338 e. The molecule has 1 saturated heterocycles. The molecule has 4 nitrogen and oxygen atoms in total. The molecule has 1 amide bonds. The molecule has 1 aromatic heterocycles. The Bertz CT molecular complexity index is 992. The van der Waals surface area contributed by atoms with Crippen LogP contribution in [-0.4, -0.2) is 33.7 Å². The largest absolute Gasteiger partial charge is 0.338 e. The number of carbonyl (C=O) groups is 1. The van der Waals surface area contributed by atoms with E-state index in [1.54, 1.807) is 0 Å². The van der Waals surface area contributed by atoms with Crippen LogP contribution < -0.4 is 0 Å². The highest BCUT2D eigenvalue weighted by atomic mass is 19.1. The Kier molecular flexibility index (Phi) is 5.47. The van der Waals surface area contributed by atoms with Crippen molar-refractivity contribution in [2.24, 2.45) is 5.92 Å². The number of rotatable bonds is 4. The van der Waals surface area contributed by atoms with Crippen molar-refractivity contribution >= 4 is 5.91 Å². The topological polar surface area (TPSA) is 38.1 Å². The zero-order valence-electron chi connectivity index (χ0n) is 16.9. The lowest BCUT2D eigenvalue weighted by atomic mass is 9.91. The maximum absolute atomic E-state index is 13.1. The van der Waals surface area contributed by atoms with Gasteiger partial charge in [-0.05, 0) is 87.1 Å². The van der Waals surface area contributed by atoms with E-state index < -0.39 is 0 Å². The molecule has 0 unspecified atom stereocenters. The van der Waals surface area contributed by atoms with Gasteiger partial charge in [0.2, 0.25) is 0 Å². The molecule has 0 spiro atoms. The second kappa shape index (κ2) is 8.19. The maximum atomic E-state index is 13.1. The lowest BCUT2D eigenvalue weighted by molar-refractivity contribution is 0.0673. The summed E-state index contributed by atoms with van der Waals surface area (Å²) < 4.78 is 15.0. The molecule has 1 atom stereocenters. The van der Waals surface area contributed by atoms with E-state index in [-0.39, 0.29) is 11.7 Å². The summed E-state index contributed by atoms with van der Waals surface area (Å²) in [6, 6.07) is 16.4. The molecule has 0 saturated carbocycles. The Balaban J connectivity index is 1.43.